The summed E-state index contributed by atoms with van der Waals surface area (Å²) >= 11 is 1.82. The van der Waals surface area contributed by atoms with Gasteiger partial charge in [0.25, 0.3) is 0 Å². The number of carboxylic acid groups (broad SMARTS) is 1. The van der Waals surface area contributed by atoms with Crippen LogP contribution in [0.4, 0.5) is 0 Å². The summed E-state index contributed by atoms with van der Waals surface area (Å²) in [5.41, 5.74) is 2.07. The molecule has 1 atom stereocenters. The second kappa shape index (κ2) is 5.65. The summed E-state index contributed by atoms with van der Waals surface area (Å²) in [5.74, 6) is 0.102. The van der Waals surface area contributed by atoms with Crippen LogP contribution < -0.4 is 0 Å². The molecule has 0 aliphatic rings. The van der Waals surface area contributed by atoms with Crippen molar-refractivity contribution in [2.45, 2.75) is 32.1 Å². The number of rotatable bonds is 5. The number of benzene rings is 1. The minimum atomic E-state index is -0.910. The van der Waals surface area contributed by atoms with Gasteiger partial charge < -0.3 is 9.67 Å². The third-order valence-electron chi connectivity index (χ3n) is 3.23. The second-order valence-corrected chi connectivity index (χ2v) is 5.82. The molecule has 2 rings (SSSR count). The average Bonchev–Trinajstić information content (AvgIpc) is 2.75. The van der Waals surface area contributed by atoms with E-state index in [1.807, 2.05) is 17.8 Å². The number of aromatic nitrogens is 2. The van der Waals surface area contributed by atoms with E-state index in [1.165, 1.54) is 0 Å². The van der Waals surface area contributed by atoms with Crippen LogP contribution in [0.15, 0.2) is 18.2 Å². The van der Waals surface area contributed by atoms with E-state index in [2.05, 4.69) is 29.7 Å². The van der Waals surface area contributed by atoms with Crippen molar-refractivity contribution < 1.29 is 9.90 Å². The molecule has 4 nitrogen and oxygen atoms in total. The van der Waals surface area contributed by atoms with E-state index in [0.717, 1.165) is 29.8 Å². The first-order valence-corrected chi connectivity index (χ1v) is 7.60. The Morgan fingerprint density at radius 2 is 2.26 bits per heavy atom. The maximum atomic E-state index is 11.0. The standard InChI is InChI=1S/C14H18N2O2S/c1-4-13-15-11-7-10(14(17)18)5-6-12(11)16(13)8-9(2)19-3/h5-7,9H,4,8H2,1-3H3,(H,17,18). The number of nitrogens with zero attached hydrogens (tertiary/aromatic N) is 2. The van der Waals surface area contributed by atoms with Crippen molar-refractivity contribution in [2.75, 3.05) is 6.26 Å². The van der Waals surface area contributed by atoms with Crippen molar-refractivity contribution in [3.05, 3.63) is 29.6 Å². The zero-order valence-corrected chi connectivity index (χ0v) is 12.2. The summed E-state index contributed by atoms with van der Waals surface area (Å²) in [6.45, 7) is 5.15. The summed E-state index contributed by atoms with van der Waals surface area (Å²) in [6, 6.07) is 5.15. The van der Waals surface area contributed by atoms with Crippen LogP contribution in [0.5, 0.6) is 0 Å². The first-order chi connectivity index (χ1) is 9.06. The lowest BCUT2D eigenvalue weighted by Gasteiger charge is -2.12. The summed E-state index contributed by atoms with van der Waals surface area (Å²) in [6.07, 6.45) is 2.94. The first kappa shape index (κ1) is 13.9. The molecule has 0 aliphatic heterocycles. The van der Waals surface area contributed by atoms with Gasteiger partial charge in [-0.05, 0) is 24.5 Å². The zero-order valence-electron chi connectivity index (χ0n) is 11.4. The van der Waals surface area contributed by atoms with E-state index in [9.17, 15) is 4.79 Å². The van der Waals surface area contributed by atoms with Crippen molar-refractivity contribution in [1.82, 2.24) is 9.55 Å². The molecule has 1 unspecified atom stereocenters. The van der Waals surface area contributed by atoms with Gasteiger partial charge in [0, 0.05) is 18.2 Å². The largest absolute Gasteiger partial charge is 0.478 e. The molecule has 1 aromatic heterocycles. The molecule has 1 aromatic carbocycles. The average molecular weight is 278 g/mol. The maximum Gasteiger partial charge on any atom is 0.335 e. The highest BCUT2D eigenvalue weighted by molar-refractivity contribution is 7.99. The maximum absolute atomic E-state index is 11.0. The molecule has 0 saturated heterocycles. The van der Waals surface area contributed by atoms with Crippen molar-refractivity contribution in [1.29, 1.82) is 0 Å². The highest BCUT2D eigenvalue weighted by Crippen LogP contribution is 2.21. The van der Waals surface area contributed by atoms with Crippen LogP contribution in [0, 0.1) is 0 Å². The lowest BCUT2D eigenvalue weighted by atomic mass is 10.2. The molecule has 1 N–H and O–H groups in total. The molecule has 0 amide bonds. The van der Waals surface area contributed by atoms with E-state index in [0.29, 0.717) is 5.25 Å². The number of fused-ring (bicyclic) bond motifs is 1. The SMILES string of the molecule is CCc1nc2cc(C(=O)O)ccc2n1CC(C)SC. The molecule has 0 spiro atoms. The van der Waals surface area contributed by atoms with Gasteiger partial charge >= 0.3 is 5.97 Å². The Hall–Kier alpha value is -1.49. The van der Waals surface area contributed by atoms with Gasteiger partial charge in [-0.2, -0.15) is 11.8 Å². The monoisotopic (exact) mass is 278 g/mol. The van der Waals surface area contributed by atoms with Crippen LogP contribution >= 0.6 is 11.8 Å². The fourth-order valence-electron chi connectivity index (χ4n) is 2.12. The lowest BCUT2D eigenvalue weighted by molar-refractivity contribution is 0.0697. The lowest BCUT2D eigenvalue weighted by Crippen LogP contribution is -2.11. The summed E-state index contributed by atoms with van der Waals surface area (Å²) in [4.78, 5) is 15.5. The molecule has 102 valence electrons. The van der Waals surface area contributed by atoms with Gasteiger partial charge in [0.1, 0.15) is 5.82 Å². The van der Waals surface area contributed by atoms with Gasteiger partial charge in [-0.1, -0.05) is 13.8 Å². The Bertz CT molecular complexity index is 607. The summed E-state index contributed by atoms with van der Waals surface area (Å²) in [5, 5.41) is 9.52. The van der Waals surface area contributed by atoms with Gasteiger partial charge in [-0.3, -0.25) is 0 Å². The van der Waals surface area contributed by atoms with Crippen LogP contribution in [-0.4, -0.2) is 32.1 Å². The number of aryl methyl sites for hydroxylation is 1. The Balaban J connectivity index is 2.52. The van der Waals surface area contributed by atoms with Crippen molar-refractivity contribution in [3.8, 4) is 0 Å². The number of aromatic carboxylic acids is 1. The Kier molecular flexibility index (Phi) is 4.14. The van der Waals surface area contributed by atoms with Crippen molar-refractivity contribution in [3.63, 3.8) is 0 Å². The highest BCUT2D eigenvalue weighted by atomic mass is 32.2. The Labute approximate surface area is 116 Å². The van der Waals surface area contributed by atoms with Gasteiger partial charge in [-0.25, -0.2) is 9.78 Å². The van der Waals surface area contributed by atoms with Gasteiger partial charge in [0.15, 0.2) is 0 Å². The zero-order chi connectivity index (χ0) is 14.0. The number of hydrogen-bond donors (Lipinski definition) is 1. The summed E-state index contributed by atoms with van der Waals surface area (Å²) in [7, 11) is 0. The molecule has 0 saturated carbocycles. The quantitative estimate of drug-likeness (QED) is 0.913. The number of imidazole rings is 1. The van der Waals surface area contributed by atoms with Gasteiger partial charge in [-0.15, -0.1) is 0 Å². The van der Waals surface area contributed by atoms with Crippen molar-refractivity contribution in [2.24, 2.45) is 0 Å². The molecule has 0 aliphatic carbocycles. The predicted octanol–water partition coefficient (Wildman–Crippen LogP) is 3.05. The molecule has 5 heteroatoms. The summed E-state index contributed by atoms with van der Waals surface area (Å²) < 4.78 is 2.20. The smallest absolute Gasteiger partial charge is 0.335 e. The number of carbonyl (C=O) groups is 1. The van der Waals surface area contributed by atoms with Crippen LogP contribution in [0.2, 0.25) is 0 Å². The third-order valence-corrected chi connectivity index (χ3v) is 4.19. The Morgan fingerprint density at radius 1 is 1.53 bits per heavy atom. The third kappa shape index (κ3) is 2.76. The molecule has 2 aromatic rings. The van der Waals surface area contributed by atoms with E-state index in [-0.39, 0.29) is 5.56 Å². The van der Waals surface area contributed by atoms with Crippen LogP contribution in [-0.2, 0) is 13.0 Å². The normalized spacial score (nSPS) is 12.8. The van der Waals surface area contributed by atoms with E-state index in [4.69, 9.17) is 5.11 Å². The highest BCUT2D eigenvalue weighted by Gasteiger charge is 2.13. The predicted molar refractivity (Wildman–Crippen MR) is 79.0 cm³/mol. The first-order valence-electron chi connectivity index (χ1n) is 6.32. The molecule has 0 fully saturated rings. The molecule has 1 heterocycles. The second-order valence-electron chi connectivity index (χ2n) is 4.55. The number of thioether (sulfide) groups is 1. The van der Waals surface area contributed by atoms with E-state index >= 15 is 0 Å². The van der Waals surface area contributed by atoms with Crippen LogP contribution in [0.3, 0.4) is 0 Å². The molecule has 19 heavy (non-hydrogen) atoms. The number of hydrogen-bond acceptors (Lipinski definition) is 3. The Morgan fingerprint density at radius 3 is 2.84 bits per heavy atom. The minimum Gasteiger partial charge on any atom is -0.478 e. The fraction of sp³-hybridized carbons (Fsp3) is 0.429. The van der Waals surface area contributed by atoms with E-state index < -0.39 is 5.97 Å². The van der Waals surface area contributed by atoms with Crippen LogP contribution in [0.25, 0.3) is 11.0 Å². The fourth-order valence-corrected chi connectivity index (χ4v) is 2.42. The molecular weight excluding hydrogens is 260 g/mol. The van der Waals surface area contributed by atoms with Crippen molar-refractivity contribution >= 4 is 28.8 Å². The number of carboxylic acids is 1. The molecule has 0 bridgehead atoms. The molecule has 0 radical (unpaired) electrons. The van der Waals surface area contributed by atoms with Crippen LogP contribution in [0.1, 0.15) is 30.0 Å². The molecular formula is C14H18N2O2S. The van der Waals surface area contributed by atoms with E-state index in [1.54, 1.807) is 12.1 Å². The van der Waals surface area contributed by atoms with Gasteiger partial charge in [0.2, 0.25) is 0 Å². The topological polar surface area (TPSA) is 55.1 Å². The van der Waals surface area contributed by atoms with Gasteiger partial charge in [0.05, 0.1) is 16.6 Å². The minimum absolute atomic E-state index is 0.290.